The molecule has 1 atom stereocenters. The van der Waals surface area contributed by atoms with Crippen LogP contribution in [0.5, 0.6) is 17.2 Å². The molecule has 1 unspecified atom stereocenters. The molecule has 1 N–H and O–H groups in total. The van der Waals surface area contributed by atoms with E-state index in [1.165, 1.54) is 12.0 Å². The van der Waals surface area contributed by atoms with E-state index in [1.807, 2.05) is 32.8 Å². The highest BCUT2D eigenvalue weighted by molar-refractivity contribution is 6.46. The molecule has 8 nitrogen and oxygen atoms in total. The van der Waals surface area contributed by atoms with Crippen LogP contribution < -0.4 is 14.2 Å². The van der Waals surface area contributed by atoms with E-state index in [2.05, 4.69) is 0 Å². The number of amides is 1. The third-order valence-corrected chi connectivity index (χ3v) is 6.03. The van der Waals surface area contributed by atoms with Crippen molar-refractivity contribution in [3.63, 3.8) is 0 Å². The van der Waals surface area contributed by atoms with Gasteiger partial charge in [-0.25, -0.2) is 0 Å². The summed E-state index contributed by atoms with van der Waals surface area (Å²) in [5, 5.41) is 11.4. The first-order valence-electron chi connectivity index (χ1n) is 11.6. The maximum absolute atomic E-state index is 13.3. The molecule has 35 heavy (non-hydrogen) atoms. The number of likely N-dealkylation sites (tertiary alicyclic amines) is 1. The number of nitrogens with zero attached hydrogens (tertiary/aromatic N) is 2. The SMILES string of the molecule is CCOc1ccc(/C(O)=C2\C(=O)C(=O)N(CCCN(C)C)C2c2ccc(OC)c(OC)c2)c(C)c1. The van der Waals surface area contributed by atoms with Gasteiger partial charge in [0.25, 0.3) is 11.7 Å². The Kier molecular flexibility index (Phi) is 8.40. The van der Waals surface area contributed by atoms with E-state index in [9.17, 15) is 14.7 Å². The number of hydrogen-bond donors (Lipinski definition) is 1. The fourth-order valence-corrected chi connectivity index (χ4v) is 4.34. The molecule has 2 aromatic rings. The lowest BCUT2D eigenvalue weighted by Crippen LogP contribution is -2.32. The molecule has 1 heterocycles. The molecule has 0 spiro atoms. The van der Waals surface area contributed by atoms with Crippen molar-refractivity contribution in [1.29, 1.82) is 0 Å². The van der Waals surface area contributed by atoms with Gasteiger partial charge in [-0.05, 0) is 82.4 Å². The lowest BCUT2D eigenvalue weighted by atomic mass is 9.93. The highest BCUT2D eigenvalue weighted by Crippen LogP contribution is 2.42. The minimum atomic E-state index is -0.761. The van der Waals surface area contributed by atoms with Crippen LogP contribution in [-0.4, -0.2) is 74.6 Å². The van der Waals surface area contributed by atoms with Crippen molar-refractivity contribution in [2.45, 2.75) is 26.3 Å². The van der Waals surface area contributed by atoms with E-state index in [0.29, 0.717) is 47.9 Å². The van der Waals surface area contributed by atoms with E-state index in [-0.39, 0.29) is 11.3 Å². The second kappa shape index (κ2) is 11.3. The quantitative estimate of drug-likeness (QED) is 0.313. The summed E-state index contributed by atoms with van der Waals surface area (Å²) in [7, 11) is 6.97. The van der Waals surface area contributed by atoms with Crippen LogP contribution in [0.2, 0.25) is 0 Å². The van der Waals surface area contributed by atoms with Gasteiger partial charge in [-0.15, -0.1) is 0 Å². The van der Waals surface area contributed by atoms with Crippen molar-refractivity contribution in [3.05, 3.63) is 58.7 Å². The monoisotopic (exact) mass is 482 g/mol. The highest BCUT2D eigenvalue weighted by Gasteiger charge is 2.46. The third kappa shape index (κ3) is 5.43. The van der Waals surface area contributed by atoms with Crippen LogP contribution in [0.3, 0.4) is 0 Å². The van der Waals surface area contributed by atoms with Gasteiger partial charge in [0.1, 0.15) is 11.5 Å². The number of aliphatic hydroxyl groups is 1. The molecular formula is C27H34N2O6. The van der Waals surface area contributed by atoms with Crippen LogP contribution in [0.25, 0.3) is 5.76 Å². The van der Waals surface area contributed by atoms with Crippen molar-refractivity contribution < 1.29 is 28.9 Å². The Morgan fingerprint density at radius 2 is 1.77 bits per heavy atom. The minimum absolute atomic E-state index is 0.0549. The van der Waals surface area contributed by atoms with Gasteiger partial charge >= 0.3 is 0 Å². The molecule has 8 heteroatoms. The molecule has 1 fully saturated rings. The first kappa shape index (κ1) is 26.1. The van der Waals surface area contributed by atoms with Crippen LogP contribution in [0, 0.1) is 6.92 Å². The predicted octanol–water partition coefficient (Wildman–Crippen LogP) is 3.78. The summed E-state index contributed by atoms with van der Waals surface area (Å²) in [6, 6.07) is 9.75. The molecule has 0 aliphatic carbocycles. The maximum Gasteiger partial charge on any atom is 0.295 e. The summed E-state index contributed by atoms with van der Waals surface area (Å²) in [5.74, 6) is 0.124. The zero-order valence-corrected chi connectivity index (χ0v) is 21.3. The van der Waals surface area contributed by atoms with E-state index < -0.39 is 17.7 Å². The van der Waals surface area contributed by atoms with Crippen molar-refractivity contribution >= 4 is 17.4 Å². The van der Waals surface area contributed by atoms with Crippen molar-refractivity contribution in [2.24, 2.45) is 0 Å². The number of aliphatic hydroxyl groups excluding tert-OH is 1. The summed E-state index contributed by atoms with van der Waals surface area (Å²) < 4.78 is 16.4. The zero-order chi connectivity index (χ0) is 25.7. The standard InChI is InChI=1S/C27H34N2O6/c1-7-35-19-10-11-20(17(2)15-19)25(30)23-24(18-9-12-21(33-5)22(16-18)34-6)29(27(32)26(23)31)14-8-13-28(3)4/h9-12,15-16,24,30H,7-8,13-14H2,1-6H3/b25-23+. The second-order valence-electron chi connectivity index (χ2n) is 8.67. The molecule has 0 aromatic heterocycles. The second-order valence-corrected chi connectivity index (χ2v) is 8.67. The smallest absolute Gasteiger partial charge is 0.295 e. The molecule has 3 rings (SSSR count). The molecular weight excluding hydrogens is 448 g/mol. The molecule has 1 aliphatic rings. The number of carbonyl (C=O) groups is 2. The number of rotatable bonds is 10. The van der Waals surface area contributed by atoms with Crippen LogP contribution in [0.15, 0.2) is 42.0 Å². The number of carbonyl (C=O) groups excluding carboxylic acids is 2. The van der Waals surface area contributed by atoms with Gasteiger partial charge in [0.2, 0.25) is 0 Å². The summed E-state index contributed by atoms with van der Waals surface area (Å²) in [6.07, 6.45) is 0.673. The largest absolute Gasteiger partial charge is 0.507 e. The third-order valence-electron chi connectivity index (χ3n) is 6.03. The number of aryl methyl sites for hydroxylation is 1. The van der Waals surface area contributed by atoms with E-state index in [1.54, 1.807) is 43.5 Å². The topological polar surface area (TPSA) is 88.5 Å². The van der Waals surface area contributed by atoms with Gasteiger partial charge in [0.05, 0.1) is 32.4 Å². The Bertz CT molecular complexity index is 1120. The number of Topliss-reactive ketones (excluding diaryl/α,β-unsaturated/α-hetero) is 1. The molecule has 1 saturated heterocycles. The number of ether oxygens (including phenoxy) is 3. The Hall–Kier alpha value is -3.52. The average molecular weight is 483 g/mol. The number of hydrogen-bond acceptors (Lipinski definition) is 7. The fourth-order valence-electron chi connectivity index (χ4n) is 4.34. The van der Waals surface area contributed by atoms with Gasteiger partial charge in [-0.2, -0.15) is 0 Å². The summed E-state index contributed by atoms with van der Waals surface area (Å²) in [5.41, 5.74) is 1.92. The molecule has 1 aliphatic heterocycles. The van der Waals surface area contributed by atoms with Gasteiger partial charge in [0, 0.05) is 12.1 Å². The van der Waals surface area contributed by atoms with Crippen LogP contribution in [0.4, 0.5) is 0 Å². The van der Waals surface area contributed by atoms with E-state index >= 15 is 0 Å². The van der Waals surface area contributed by atoms with Crippen LogP contribution >= 0.6 is 0 Å². The zero-order valence-electron chi connectivity index (χ0n) is 21.3. The predicted molar refractivity (Wildman–Crippen MR) is 134 cm³/mol. The molecule has 0 saturated carbocycles. The van der Waals surface area contributed by atoms with Gasteiger partial charge in [-0.1, -0.05) is 6.07 Å². The van der Waals surface area contributed by atoms with Crippen molar-refractivity contribution in [3.8, 4) is 17.2 Å². The van der Waals surface area contributed by atoms with E-state index in [0.717, 1.165) is 12.1 Å². The molecule has 0 radical (unpaired) electrons. The highest BCUT2D eigenvalue weighted by atomic mass is 16.5. The number of methoxy groups -OCH3 is 2. The van der Waals surface area contributed by atoms with Crippen LogP contribution in [-0.2, 0) is 9.59 Å². The summed E-state index contributed by atoms with van der Waals surface area (Å²) >= 11 is 0. The first-order chi connectivity index (χ1) is 16.7. The van der Waals surface area contributed by atoms with Crippen molar-refractivity contribution in [1.82, 2.24) is 9.80 Å². The Balaban J connectivity index is 2.15. The lowest BCUT2D eigenvalue weighted by molar-refractivity contribution is -0.139. The van der Waals surface area contributed by atoms with Gasteiger partial charge in [0.15, 0.2) is 11.5 Å². The lowest BCUT2D eigenvalue weighted by Gasteiger charge is -2.26. The Morgan fingerprint density at radius 3 is 2.37 bits per heavy atom. The molecule has 2 aromatic carbocycles. The van der Waals surface area contributed by atoms with Gasteiger partial charge < -0.3 is 29.1 Å². The normalized spacial score (nSPS) is 17.2. The molecule has 1 amide bonds. The van der Waals surface area contributed by atoms with E-state index in [4.69, 9.17) is 14.2 Å². The molecule has 0 bridgehead atoms. The van der Waals surface area contributed by atoms with Crippen molar-refractivity contribution in [2.75, 3.05) is 48.0 Å². The Labute approximate surface area is 206 Å². The molecule has 188 valence electrons. The average Bonchev–Trinajstić information content (AvgIpc) is 3.08. The van der Waals surface area contributed by atoms with Gasteiger partial charge in [-0.3, -0.25) is 9.59 Å². The summed E-state index contributed by atoms with van der Waals surface area (Å²) in [6.45, 7) is 5.35. The van der Waals surface area contributed by atoms with Crippen LogP contribution in [0.1, 0.15) is 36.1 Å². The summed E-state index contributed by atoms with van der Waals surface area (Å²) in [4.78, 5) is 30.0. The minimum Gasteiger partial charge on any atom is -0.507 e. The Morgan fingerprint density at radius 1 is 1.06 bits per heavy atom. The number of ketones is 1. The maximum atomic E-state index is 13.3. The first-order valence-corrected chi connectivity index (χ1v) is 11.6. The fraction of sp³-hybridized carbons (Fsp3) is 0.407. The number of benzene rings is 2.